The van der Waals surface area contributed by atoms with Gasteiger partial charge in [-0.2, -0.15) is 0 Å². The maximum atomic E-state index is 12.5. The highest BCUT2D eigenvalue weighted by Crippen LogP contribution is 2.48. The molecule has 1 saturated carbocycles. The number of nitrogens with one attached hydrogen (secondary N) is 2. The second-order valence-corrected chi connectivity index (χ2v) is 8.87. The van der Waals surface area contributed by atoms with Gasteiger partial charge in [-0.25, -0.2) is 9.78 Å². The maximum Gasteiger partial charge on any atom is 0.350 e. The van der Waals surface area contributed by atoms with E-state index in [2.05, 4.69) is 20.2 Å². The molecule has 2 aliphatic rings. The van der Waals surface area contributed by atoms with E-state index in [0.717, 1.165) is 0 Å². The molecule has 0 radical (unpaired) electrons. The van der Waals surface area contributed by atoms with Gasteiger partial charge in [-0.05, 0) is 13.8 Å². The van der Waals surface area contributed by atoms with Crippen molar-refractivity contribution in [2.45, 2.75) is 26.5 Å². The van der Waals surface area contributed by atoms with Gasteiger partial charge in [-0.1, -0.05) is 34.5 Å². The Balaban J connectivity index is 1.38. The van der Waals surface area contributed by atoms with Crippen molar-refractivity contribution in [1.82, 2.24) is 15.3 Å². The molecule has 3 heterocycles. The second-order valence-electron chi connectivity index (χ2n) is 7.14. The number of thiazole rings is 1. The Hall–Kier alpha value is -1.81. The molecule has 4 rings (SSSR count). The summed E-state index contributed by atoms with van der Waals surface area (Å²) >= 11 is 13.4. The fraction of sp³-hybridized carbons (Fsp3) is 0.500. The number of halogens is 2. The maximum absolute atomic E-state index is 12.5. The molecular formula is C18H20Cl2N4O4S. The van der Waals surface area contributed by atoms with Gasteiger partial charge in [-0.15, -0.1) is 0 Å². The minimum atomic E-state index is -0.466. The zero-order chi connectivity index (χ0) is 20.9. The van der Waals surface area contributed by atoms with E-state index in [1.807, 2.05) is 0 Å². The van der Waals surface area contributed by atoms with Crippen molar-refractivity contribution in [1.29, 1.82) is 0 Å². The third-order valence-corrected chi connectivity index (χ3v) is 7.43. The average molecular weight is 459 g/mol. The largest absolute Gasteiger partial charge is 0.462 e. The predicted molar refractivity (Wildman–Crippen MR) is 110 cm³/mol. The molecule has 2 aromatic heterocycles. The monoisotopic (exact) mass is 458 g/mol. The summed E-state index contributed by atoms with van der Waals surface area (Å²) < 4.78 is 5.03. The topological polar surface area (TPSA) is 108 Å². The third kappa shape index (κ3) is 3.61. The summed E-state index contributed by atoms with van der Waals surface area (Å²) in [6, 6.07) is 0.0685. The number of hydrogen-bond donors (Lipinski definition) is 3. The van der Waals surface area contributed by atoms with Crippen LogP contribution in [0, 0.1) is 18.8 Å². The molecule has 1 unspecified atom stereocenters. The van der Waals surface area contributed by atoms with Crippen molar-refractivity contribution in [2.24, 2.45) is 11.8 Å². The predicted octanol–water partition coefficient (Wildman–Crippen LogP) is 2.62. The number of aliphatic hydroxyl groups is 1. The van der Waals surface area contributed by atoms with Crippen LogP contribution >= 0.6 is 34.5 Å². The number of aromatic nitrogens is 2. The van der Waals surface area contributed by atoms with Gasteiger partial charge in [0.1, 0.15) is 10.6 Å². The molecule has 1 aliphatic carbocycles. The fourth-order valence-electron chi connectivity index (χ4n) is 3.79. The molecule has 2 fully saturated rings. The van der Waals surface area contributed by atoms with E-state index in [4.69, 9.17) is 27.9 Å². The number of rotatable bonds is 6. The first-order valence-electron chi connectivity index (χ1n) is 9.22. The number of fused-ring (bicyclic) bond motifs is 1. The summed E-state index contributed by atoms with van der Waals surface area (Å²) in [5.41, 5.74) is 1.27. The smallest absolute Gasteiger partial charge is 0.350 e. The lowest BCUT2D eigenvalue weighted by Crippen LogP contribution is -2.34. The highest BCUT2D eigenvalue weighted by Gasteiger charge is 2.57. The van der Waals surface area contributed by atoms with Crippen LogP contribution in [-0.2, 0) is 11.3 Å². The van der Waals surface area contributed by atoms with Crippen LogP contribution in [0.5, 0.6) is 0 Å². The van der Waals surface area contributed by atoms with Crippen molar-refractivity contribution in [2.75, 3.05) is 24.6 Å². The number of nitrogens with zero attached hydrogens (tertiary/aromatic N) is 2. The second kappa shape index (κ2) is 7.79. The van der Waals surface area contributed by atoms with Gasteiger partial charge in [0.25, 0.3) is 5.91 Å². The number of hydrogen-bond acceptors (Lipinski definition) is 7. The van der Waals surface area contributed by atoms with Crippen LogP contribution in [0.1, 0.15) is 38.5 Å². The van der Waals surface area contributed by atoms with Gasteiger partial charge in [0.15, 0.2) is 5.13 Å². The quantitative estimate of drug-likeness (QED) is 0.574. The average Bonchev–Trinajstić information content (AvgIpc) is 3.08. The summed E-state index contributed by atoms with van der Waals surface area (Å²) in [5.74, 6) is -0.127. The van der Waals surface area contributed by atoms with Crippen LogP contribution in [0.4, 0.5) is 5.13 Å². The Morgan fingerprint density at radius 3 is 2.59 bits per heavy atom. The number of esters is 1. The standard InChI is InChI=1S/C18H20Cl2N4O4S/c1-3-28-17(27)15-10(6-25)22-18(29-15)24-4-8-9(5-24)13(8)23-16(26)14-12(20)11(19)7(2)21-14/h8-9,13,21,25H,3-6H2,1-2H3,(H,23,26)/t8-,9+,13?. The lowest BCUT2D eigenvalue weighted by Gasteiger charge is -2.19. The van der Waals surface area contributed by atoms with Gasteiger partial charge in [0.05, 0.1) is 29.0 Å². The number of anilines is 1. The molecule has 11 heteroatoms. The first-order chi connectivity index (χ1) is 13.8. The van der Waals surface area contributed by atoms with Crippen molar-refractivity contribution < 1.29 is 19.4 Å². The third-order valence-electron chi connectivity index (χ3n) is 5.34. The fourth-order valence-corrected chi connectivity index (χ4v) is 5.19. The Kier molecular flexibility index (Phi) is 5.50. The summed E-state index contributed by atoms with van der Waals surface area (Å²) in [7, 11) is 0. The van der Waals surface area contributed by atoms with E-state index >= 15 is 0 Å². The Morgan fingerprint density at radius 2 is 2.03 bits per heavy atom. The molecule has 0 aromatic carbocycles. The molecule has 0 bridgehead atoms. The number of aliphatic hydroxyl groups excluding tert-OH is 1. The van der Waals surface area contributed by atoms with Crippen LogP contribution in [0.2, 0.25) is 10.0 Å². The molecule has 1 aliphatic heterocycles. The molecule has 3 N–H and O–H groups in total. The van der Waals surface area contributed by atoms with Gasteiger partial charge in [0, 0.05) is 36.7 Å². The van der Waals surface area contributed by atoms with Crippen molar-refractivity contribution >= 4 is 51.5 Å². The highest BCUT2D eigenvalue weighted by molar-refractivity contribution is 7.17. The van der Waals surface area contributed by atoms with E-state index in [-0.39, 0.29) is 35.9 Å². The van der Waals surface area contributed by atoms with E-state index in [1.165, 1.54) is 11.3 Å². The summed E-state index contributed by atoms with van der Waals surface area (Å²) in [5, 5.41) is 13.8. The number of aromatic amines is 1. The van der Waals surface area contributed by atoms with Gasteiger partial charge >= 0.3 is 5.97 Å². The molecule has 0 spiro atoms. The molecule has 1 saturated heterocycles. The van der Waals surface area contributed by atoms with Gasteiger partial charge < -0.3 is 25.0 Å². The number of aryl methyl sites for hydroxylation is 1. The summed E-state index contributed by atoms with van der Waals surface area (Å²) in [4.78, 5) is 34.3. The number of carbonyl (C=O) groups is 2. The first kappa shape index (κ1) is 20.5. The van der Waals surface area contributed by atoms with E-state index in [9.17, 15) is 14.7 Å². The Bertz CT molecular complexity index is 963. The first-order valence-corrected chi connectivity index (χ1v) is 10.8. The van der Waals surface area contributed by atoms with Crippen LogP contribution < -0.4 is 10.2 Å². The molecule has 2 aromatic rings. The lowest BCUT2D eigenvalue weighted by atomic mass is 10.3. The molecule has 3 atom stereocenters. The number of amides is 1. The van der Waals surface area contributed by atoms with Crippen LogP contribution in [0.25, 0.3) is 0 Å². The van der Waals surface area contributed by atoms with Crippen LogP contribution in [-0.4, -0.2) is 52.7 Å². The van der Waals surface area contributed by atoms with Crippen molar-refractivity contribution in [3.8, 4) is 0 Å². The van der Waals surface area contributed by atoms with Crippen LogP contribution in [0.3, 0.4) is 0 Å². The molecule has 156 valence electrons. The minimum Gasteiger partial charge on any atom is -0.462 e. The summed E-state index contributed by atoms with van der Waals surface area (Å²) in [6.45, 7) is 4.87. The van der Waals surface area contributed by atoms with E-state index in [0.29, 0.717) is 51.3 Å². The Morgan fingerprint density at radius 1 is 1.34 bits per heavy atom. The Labute approximate surface area is 181 Å². The summed E-state index contributed by atoms with van der Waals surface area (Å²) in [6.07, 6.45) is 0. The van der Waals surface area contributed by atoms with Crippen molar-refractivity contribution in [3.05, 3.63) is 32.0 Å². The lowest BCUT2D eigenvalue weighted by molar-refractivity contribution is 0.0528. The number of carbonyl (C=O) groups excluding carboxylic acids is 2. The highest BCUT2D eigenvalue weighted by atomic mass is 35.5. The van der Waals surface area contributed by atoms with Gasteiger partial charge in [-0.3, -0.25) is 4.79 Å². The number of piperidine rings is 1. The molecule has 29 heavy (non-hydrogen) atoms. The van der Waals surface area contributed by atoms with Crippen LogP contribution in [0.15, 0.2) is 0 Å². The number of H-pyrrole nitrogens is 1. The zero-order valence-electron chi connectivity index (χ0n) is 15.8. The number of ether oxygens (including phenoxy) is 1. The SMILES string of the molecule is CCOC(=O)c1sc(N2C[C@@H]3C(NC(=O)c4[nH]c(C)c(Cl)c4Cl)[C@@H]3C2)nc1CO. The van der Waals surface area contributed by atoms with E-state index in [1.54, 1.807) is 13.8 Å². The minimum absolute atomic E-state index is 0.0685. The normalized spacial score (nSPS) is 22.5. The van der Waals surface area contributed by atoms with Crippen molar-refractivity contribution in [3.63, 3.8) is 0 Å². The molecule has 1 amide bonds. The molecular weight excluding hydrogens is 439 g/mol. The van der Waals surface area contributed by atoms with E-state index < -0.39 is 5.97 Å². The zero-order valence-corrected chi connectivity index (χ0v) is 18.1. The molecule has 8 nitrogen and oxygen atoms in total. The van der Waals surface area contributed by atoms with Gasteiger partial charge in [0.2, 0.25) is 0 Å².